The lowest BCUT2D eigenvalue weighted by atomic mass is 10.1. The first kappa shape index (κ1) is 14.0. The molecule has 1 aromatic carbocycles. The minimum Gasteiger partial charge on any atom is -0.390 e. The molecule has 1 aliphatic heterocycles. The van der Waals surface area contributed by atoms with Crippen LogP contribution in [0.4, 0.5) is 0 Å². The first-order chi connectivity index (χ1) is 9.19. The third kappa shape index (κ3) is 4.04. The number of aliphatic hydroxyl groups is 1. The molecular weight excluding hydrogens is 240 g/mol. The summed E-state index contributed by atoms with van der Waals surface area (Å²) < 4.78 is 0. The molecule has 19 heavy (non-hydrogen) atoms. The number of amides is 1. The normalized spacial score (nSPS) is 16.1. The summed E-state index contributed by atoms with van der Waals surface area (Å²) in [6.07, 6.45) is 0.342. The lowest BCUT2D eigenvalue weighted by Gasteiger charge is -2.36. The van der Waals surface area contributed by atoms with Crippen molar-refractivity contribution in [3.8, 4) is 0 Å². The lowest BCUT2D eigenvalue weighted by Crippen LogP contribution is -2.51. The van der Waals surface area contributed by atoms with E-state index in [-0.39, 0.29) is 12.0 Å². The van der Waals surface area contributed by atoms with Gasteiger partial charge in [0.15, 0.2) is 0 Å². The quantitative estimate of drug-likeness (QED) is 0.835. The van der Waals surface area contributed by atoms with E-state index in [1.54, 1.807) is 0 Å². The van der Waals surface area contributed by atoms with E-state index in [1.807, 2.05) is 42.2 Å². The summed E-state index contributed by atoms with van der Waals surface area (Å²) in [6, 6.07) is 10.1. The van der Waals surface area contributed by atoms with Crippen molar-refractivity contribution >= 4 is 5.91 Å². The predicted octanol–water partition coefficient (Wildman–Crippen LogP) is 1.10. The van der Waals surface area contributed by atoms with Gasteiger partial charge in [-0.05, 0) is 12.5 Å². The van der Waals surface area contributed by atoms with Crippen LogP contribution in [0.3, 0.4) is 0 Å². The van der Waals surface area contributed by atoms with Crippen LogP contribution < -0.4 is 0 Å². The number of rotatable bonds is 6. The molecule has 0 aliphatic carbocycles. The van der Waals surface area contributed by atoms with Gasteiger partial charge in [-0.15, -0.1) is 0 Å². The van der Waals surface area contributed by atoms with Crippen LogP contribution in [0.25, 0.3) is 0 Å². The Bertz CT molecular complexity index is 402. The monoisotopic (exact) mass is 262 g/mol. The maximum atomic E-state index is 12.1. The van der Waals surface area contributed by atoms with Gasteiger partial charge in [-0.3, -0.25) is 9.69 Å². The van der Waals surface area contributed by atoms with E-state index in [9.17, 15) is 9.90 Å². The fraction of sp³-hybridized carbons (Fsp3) is 0.533. The number of nitrogens with zero attached hydrogens (tertiary/aromatic N) is 2. The topological polar surface area (TPSA) is 43.8 Å². The van der Waals surface area contributed by atoms with Crippen LogP contribution >= 0.6 is 0 Å². The fourth-order valence-corrected chi connectivity index (χ4v) is 2.32. The van der Waals surface area contributed by atoms with Gasteiger partial charge < -0.3 is 10.0 Å². The van der Waals surface area contributed by atoms with Gasteiger partial charge >= 0.3 is 0 Å². The van der Waals surface area contributed by atoms with Gasteiger partial charge in [-0.1, -0.05) is 30.3 Å². The molecule has 1 aromatic rings. The minimum absolute atomic E-state index is 0.188. The summed E-state index contributed by atoms with van der Waals surface area (Å²) >= 11 is 0. The zero-order valence-electron chi connectivity index (χ0n) is 11.5. The SMILES string of the molecule is CCN(Cc1ccccc1)C(=O)CCN1CC(O)C1. The summed E-state index contributed by atoms with van der Waals surface area (Å²) in [5, 5.41) is 9.20. The number of hydrogen-bond donors (Lipinski definition) is 1. The van der Waals surface area contributed by atoms with Crippen molar-refractivity contribution in [3.63, 3.8) is 0 Å². The van der Waals surface area contributed by atoms with Gasteiger partial charge in [0.2, 0.25) is 5.91 Å². The molecule has 0 atom stereocenters. The maximum Gasteiger partial charge on any atom is 0.224 e. The van der Waals surface area contributed by atoms with Crippen LogP contribution in [0.2, 0.25) is 0 Å². The summed E-state index contributed by atoms with van der Waals surface area (Å²) in [7, 11) is 0. The Morgan fingerprint density at radius 1 is 1.37 bits per heavy atom. The third-order valence-electron chi connectivity index (χ3n) is 3.53. The van der Waals surface area contributed by atoms with Gasteiger partial charge in [0.25, 0.3) is 0 Å². The number of likely N-dealkylation sites (tertiary alicyclic amines) is 1. The van der Waals surface area contributed by atoms with Crippen molar-refractivity contribution in [2.45, 2.75) is 26.0 Å². The summed E-state index contributed by atoms with van der Waals surface area (Å²) in [6.45, 7) is 5.58. The molecule has 1 heterocycles. The van der Waals surface area contributed by atoms with Crippen molar-refractivity contribution in [1.82, 2.24) is 9.80 Å². The lowest BCUT2D eigenvalue weighted by molar-refractivity contribution is -0.132. The summed E-state index contributed by atoms with van der Waals surface area (Å²) in [5.74, 6) is 0.188. The van der Waals surface area contributed by atoms with Crippen LogP contribution in [0, 0.1) is 0 Å². The Hall–Kier alpha value is -1.39. The molecule has 0 spiro atoms. The largest absolute Gasteiger partial charge is 0.390 e. The minimum atomic E-state index is -0.193. The first-order valence-electron chi connectivity index (χ1n) is 6.91. The van der Waals surface area contributed by atoms with Crippen LogP contribution in [-0.4, -0.2) is 53.1 Å². The zero-order chi connectivity index (χ0) is 13.7. The molecule has 1 amide bonds. The Balaban J connectivity index is 1.78. The average Bonchev–Trinajstić information content (AvgIpc) is 2.40. The van der Waals surface area contributed by atoms with E-state index in [0.717, 1.165) is 18.7 Å². The molecule has 4 nitrogen and oxygen atoms in total. The average molecular weight is 262 g/mol. The highest BCUT2D eigenvalue weighted by molar-refractivity contribution is 5.76. The smallest absolute Gasteiger partial charge is 0.224 e. The Labute approximate surface area is 114 Å². The molecule has 1 aliphatic rings. The molecule has 0 unspecified atom stereocenters. The van der Waals surface area contributed by atoms with Gasteiger partial charge in [0.05, 0.1) is 6.10 Å². The van der Waals surface area contributed by atoms with Gasteiger partial charge in [-0.2, -0.15) is 0 Å². The van der Waals surface area contributed by atoms with Gasteiger partial charge in [0.1, 0.15) is 0 Å². The number of benzene rings is 1. The number of carbonyl (C=O) groups is 1. The number of β-amino-alcohol motifs (C(OH)–C–C–N with tert-alkyl or cyclic N) is 1. The van der Waals surface area contributed by atoms with Gasteiger partial charge in [0, 0.05) is 39.1 Å². The fourth-order valence-electron chi connectivity index (χ4n) is 2.32. The Morgan fingerprint density at radius 3 is 2.63 bits per heavy atom. The highest BCUT2D eigenvalue weighted by Crippen LogP contribution is 2.10. The highest BCUT2D eigenvalue weighted by atomic mass is 16.3. The van der Waals surface area contributed by atoms with E-state index in [4.69, 9.17) is 0 Å². The van der Waals surface area contributed by atoms with Crippen molar-refractivity contribution in [2.24, 2.45) is 0 Å². The van der Waals surface area contributed by atoms with Crippen molar-refractivity contribution < 1.29 is 9.90 Å². The summed E-state index contributed by atoms with van der Waals surface area (Å²) in [5.41, 5.74) is 1.16. The molecule has 1 saturated heterocycles. The van der Waals surface area contributed by atoms with Crippen LogP contribution in [0.5, 0.6) is 0 Å². The number of carbonyl (C=O) groups excluding carboxylic acids is 1. The highest BCUT2D eigenvalue weighted by Gasteiger charge is 2.24. The standard InChI is InChI=1S/C15H22N2O2/c1-2-17(10-13-6-4-3-5-7-13)15(19)8-9-16-11-14(18)12-16/h3-7,14,18H,2,8-12H2,1H3. The van der Waals surface area contributed by atoms with E-state index in [0.29, 0.717) is 26.1 Å². The molecule has 1 N–H and O–H groups in total. The molecule has 0 aromatic heterocycles. The second kappa shape index (κ2) is 6.68. The molecule has 0 bridgehead atoms. The second-order valence-corrected chi connectivity index (χ2v) is 5.06. The molecule has 4 heteroatoms. The van der Waals surface area contributed by atoms with E-state index < -0.39 is 0 Å². The number of hydrogen-bond acceptors (Lipinski definition) is 3. The maximum absolute atomic E-state index is 12.1. The Morgan fingerprint density at radius 2 is 2.05 bits per heavy atom. The van der Waals surface area contributed by atoms with Crippen molar-refractivity contribution in [1.29, 1.82) is 0 Å². The van der Waals surface area contributed by atoms with Gasteiger partial charge in [-0.25, -0.2) is 0 Å². The van der Waals surface area contributed by atoms with Crippen molar-refractivity contribution in [3.05, 3.63) is 35.9 Å². The second-order valence-electron chi connectivity index (χ2n) is 5.06. The molecule has 2 rings (SSSR count). The molecule has 0 radical (unpaired) electrons. The van der Waals surface area contributed by atoms with Crippen LogP contribution in [0.1, 0.15) is 18.9 Å². The molecule has 1 fully saturated rings. The van der Waals surface area contributed by atoms with E-state index in [1.165, 1.54) is 0 Å². The molecular formula is C15H22N2O2. The van der Waals surface area contributed by atoms with E-state index in [2.05, 4.69) is 4.90 Å². The first-order valence-corrected chi connectivity index (χ1v) is 6.91. The Kier molecular flexibility index (Phi) is 4.93. The third-order valence-corrected chi connectivity index (χ3v) is 3.53. The number of aliphatic hydroxyl groups excluding tert-OH is 1. The molecule has 104 valence electrons. The van der Waals surface area contributed by atoms with E-state index >= 15 is 0 Å². The van der Waals surface area contributed by atoms with Crippen LogP contribution in [-0.2, 0) is 11.3 Å². The molecule has 0 saturated carbocycles. The van der Waals surface area contributed by atoms with Crippen molar-refractivity contribution in [2.75, 3.05) is 26.2 Å². The van der Waals surface area contributed by atoms with Crippen LogP contribution in [0.15, 0.2) is 30.3 Å². The summed E-state index contributed by atoms with van der Waals surface area (Å²) in [4.78, 5) is 16.1. The zero-order valence-corrected chi connectivity index (χ0v) is 11.5. The predicted molar refractivity (Wildman–Crippen MR) is 74.6 cm³/mol.